The van der Waals surface area contributed by atoms with Crippen LogP contribution in [0.15, 0.2) is 32.2 Å². The highest BCUT2D eigenvalue weighted by Crippen LogP contribution is 2.28. The number of hydrogen-bond donors (Lipinski definition) is 0. The molecule has 0 atom stereocenters. The minimum absolute atomic E-state index is 0.288. The van der Waals surface area contributed by atoms with Crippen LogP contribution in [-0.4, -0.2) is 36.2 Å². The van der Waals surface area contributed by atoms with Gasteiger partial charge in [0.2, 0.25) is 0 Å². The molecule has 0 radical (unpaired) electrons. The zero-order valence-electron chi connectivity index (χ0n) is 16.7. The molecule has 0 unspecified atom stereocenters. The van der Waals surface area contributed by atoms with Crippen LogP contribution in [0.2, 0.25) is 0 Å². The van der Waals surface area contributed by atoms with E-state index in [2.05, 4.69) is 4.90 Å². The number of aromatic nitrogens is 1. The summed E-state index contributed by atoms with van der Waals surface area (Å²) in [6.45, 7) is 3.95. The monoisotopic (exact) mass is 386 g/mol. The van der Waals surface area contributed by atoms with Crippen LogP contribution >= 0.6 is 0 Å². The number of piperidine rings is 1. The second-order valence-corrected chi connectivity index (χ2v) is 8.37. The van der Waals surface area contributed by atoms with E-state index in [1.807, 2.05) is 0 Å². The average Bonchev–Trinajstić information content (AvgIpc) is 3.22. The van der Waals surface area contributed by atoms with Crippen LogP contribution < -0.4 is 16.1 Å². The number of methoxy groups -OCH3 is 1. The van der Waals surface area contributed by atoms with Gasteiger partial charge in [-0.05, 0) is 75.2 Å². The van der Waals surface area contributed by atoms with Gasteiger partial charge < -0.3 is 14.1 Å². The predicted octanol–water partition coefficient (Wildman–Crippen LogP) is 3.26. The quantitative estimate of drug-likeness (QED) is 0.762. The summed E-state index contributed by atoms with van der Waals surface area (Å²) in [5.41, 5.74) is 0.0242. The number of hydrogen-bond acceptors (Lipinski definition) is 5. The fourth-order valence-corrected chi connectivity index (χ4v) is 4.79. The van der Waals surface area contributed by atoms with Gasteiger partial charge in [0.15, 0.2) is 0 Å². The highest BCUT2D eigenvalue weighted by molar-refractivity contribution is 5.77. The van der Waals surface area contributed by atoms with Gasteiger partial charge in [-0.15, -0.1) is 0 Å². The molecule has 0 amide bonds. The molecule has 152 valence electrons. The van der Waals surface area contributed by atoms with Gasteiger partial charge in [0, 0.05) is 13.1 Å². The van der Waals surface area contributed by atoms with Gasteiger partial charge in [-0.3, -0.25) is 4.79 Å². The molecule has 0 bridgehead atoms. The van der Waals surface area contributed by atoms with Crippen molar-refractivity contribution in [2.75, 3.05) is 26.7 Å². The summed E-state index contributed by atoms with van der Waals surface area (Å²) in [7, 11) is 1.55. The van der Waals surface area contributed by atoms with E-state index in [1.54, 1.807) is 25.3 Å². The molecule has 1 aliphatic heterocycles. The normalized spacial score (nSPS) is 19.5. The standard InChI is InChI=1S/C22H30N2O4/c1-27-18-6-7-20-19(14-18)21(25)24(22(26)28-20)13-10-16-8-11-23(12-9-16)15-17-4-2-3-5-17/h6-7,14,16-17H,2-5,8-13,15H2,1H3. The van der Waals surface area contributed by atoms with Crippen LogP contribution in [-0.2, 0) is 6.54 Å². The van der Waals surface area contributed by atoms with Crippen molar-refractivity contribution in [2.24, 2.45) is 11.8 Å². The highest BCUT2D eigenvalue weighted by Gasteiger charge is 2.23. The Morgan fingerprint density at radius 1 is 1.07 bits per heavy atom. The van der Waals surface area contributed by atoms with E-state index in [0.29, 0.717) is 29.2 Å². The number of rotatable bonds is 6. The van der Waals surface area contributed by atoms with E-state index in [-0.39, 0.29) is 5.56 Å². The molecule has 6 nitrogen and oxygen atoms in total. The van der Waals surface area contributed by atoms with Gasteiger partial charge in [-0.25, -0.2) is 9.36 Å². The van der Waals surface area contributed by atoms with E-state index in [0.717, 1.165) is 38.3 Å². The van der Waals surface area contributed by atoms with Crippen LogP contribution in [0.4, 0.5) is 0 Å². The Morgan fingerprint density at radius 3 is 2.54 bits per heavy atom. The summed E-state index contributed by atoms with van der Waals surface area (Å²) < 4.78 is 11.8. The van der Waals surface area contributed by atoms with Crippen molar-refractivity contribution in [1.82, 2.24) is 9.47 Å². The van der Waals surface area contributed by atoms with Crippen LogP contribution in [0.3, 0.4) is 0 Å². The van der Waals surface area contributed by atoms with Gasteiger partial charge in [0.25, 0.3) is 5.56 Å². The maximum absolute atomic E-state index is 12.8. The predicted molar refractivity (Wildman–Crippen MR) is 109 cm³/mol. The molecule has 1 aromatic carbocycles. The first-order valence-electron chi connectivity index (χ1n) is 10.6. The lowest BCUT2D eigenvalue weighted by molar-refractivity contribution is 0.154. The zero-order valence-corrected chi connectivity index (χ0v) is 16.7. The number of ether oxygens (including phenoxy) is 1. The summed E-state index contributed by atoms with van der Waals surface area (Å²) in [6.07, 6.45) is 8.72. The topological polar surface area (TPSA) is 64.7 Å². The second kappa shape index (κ2) is 8.52. The molecule has 2 fully saturated rings. The molecule has 0 spiro atoms. The highest BCUT2D eigenvalue weighted by atomic mass is 16.5. The van der Waals surface area contributed by atoms with E-state index >= 15 is 0 Å². The molecule has 1 saturated carbocycles. The Labute approximate surface area is 165 Å². The van der Waals surface area contributed by atoms with Gasteiger partial charge in [0.1, 0.15) is 11.3 Å². The SMILES string of the molecule is COc1ccc2oc(=O)n(CCC3CCN(CC4CCCC4)CC3)c(=O)c2c1. The number of nitrogens with zero attached hydrogens (tertiary/aromatic N) is 2. The van der Waals surface area contributed by atoms with E-state index in [1.165, 1.54) is 36.8 Å². The maximum Gasteiger partial charge on any atom is 0.422 e. The van der Waals surface area contributed by atoms with Crippen molar-refractivity contribution in [1.29, 1.82) is 0 Å². The van der Waals surface area contributed by atoms with Crippen LogP contribution in [0.25, 0.3) is 11.0 Å². The fourth-order valence-electron chi connectivity index (χ4n) is 4.79. The lowest BCUT2D eigenvalue weighted by atomic mass is 9.92. The first kappa shape index (κ1) is 19.2. The summed E-state index contributed by atoms with van der Waals surface area (Å²) in [5, 5.41) is 0.394. The maximum atomic E-state index is 12.8. The Hall–Kier alpha value is -2.08. The molecule has 2 aliphatic rings. The third-order valence-electron chi connectivity index (χ3n) is 6.54. The van der Waals surface area contributed by atoms with E-state index in [4.69, 9.17) is 9.15 Å². The minimum Gasteiger partial charge on any atom is -0.497 e. The molecule has 1 aromatic heterocycles. The van der Waals surface area contributed by atoms with Crippen LogP contribution in [0.1, 0.15) is 44.9 Å². The number of likely N-dealkylation sites (tertiary alicyclic amines) is 1. The van der Waals surface area contributed by atoms with Crippen molar-refractivity contribution >= 4 is 11.0 Å². The van der Waals surface area contributed by atoms with Crippen molar-refractivity contribution in [3.63, 3.8) is 0 Å². The molecule has 2 heterocycles. The Balaban J connectivity index is 1.38. The van der Waals surface area contributed by atoms with E-state index in [9.17, 15) is 9.59 Å². The molecule has 1 saturated heterocycles. The van der Waals surface area contributed by atoms with Gasteiger partial charge in [-0.1, -0.05) is 12.8 Å². The van der Waals surface area contributed by atoms with E-state index < -0.39 is 5.76 Å². The van der Waals surface area contributed by atoms with Crippen LogP contribution in [0, 0.1) is 11.8 Å². The number of benzene rings is 1. The summed E-state index contributed by atoms with van der Waals surface area (Å²) >= 11 is 0. The molecule has 0 N–H and O–H groups in total. The summed E-state index contributed by atoms with van der Waals surface area (Å²) in [4.78, 5) is 27.7. The molecule has 4 rings (SSSR count). The Kier molecular flexibility index (Phi) is 5.85. The number of fused-ring (bicyclic) bond motifs is 1. The first-order valence-corrected chi connectivity index (χ1v) is 10.6. The molecule has 1 aliphatic carbocycles. The van der Waals surface area contributed by atoms with Crippen molar-refractivity contribution in [3.05, 3.63) is 39.1 Å². The first-order chi connectivity index (χ1) is 13.6. The third-order valence-corrected chi connectivity index (χ3v) is 6.54. The van der Waals surface area contributed by atoms with Crippen molar-refractivity contribution < 1.29 is 9.15 Å². The molecular formula is C22H30N2O4. The van der Waals surface area contributed by atoms with Crippen LogP contribution in [0.5, 0.6) is 5.75 Å². The van der Waals surface area contributed by atoms with Crippen molar-refractivity contribution in [3.8, 4) is 5.75 Å². The summed E-state index contributed by atoms with van der Waals surface area (Å²) in [6, 6.07) is 4.94. The smallest absolute Gasteiger partial charge is 0.422 e. The molecule has 2 aromatic rings. The third kappa shape index (κ3) is 4.17. The lowest BCUT2D eigenvalue weighted by Crippen LogP contribution is -2.38. The summed E-state index contributed by atoms with van der Waals surface area (Å²) in [5.74, 6) is 1.47. The zero-order chi connectivity index (χ0) is 19.5. The average molecular weight is 386 g/mol. The molecular weight excluding hydrogens is 356 g/mol. The minimum atomic E-state index is -0.568. The van der Waals surface area contributed by atoms with Gasteiger partial charge in [-0.2, -0.15) is 0 Å². The fraction of sp³-hybridized carbons (Fsp3) is 0.636. The van der Waals surface area contributed by atoms with Crippen molar-refractivity contribution in [2.45, 2.75) is 51.5 Å². The Bertz CT molecular complexity index is 918. The Morgan fingerprint density at radius 2 is 1.82 bits per heavy atom. The lowest BCUT2D eigenvalue weighted by Gasteiger charge is -2.33. The largest absolute Gasteiger partial charge is 0.497 e. The molecule has 6 heteroatoms. The van der Waals surface area contributed by atoms with Gasteiger partial charge >= 0.3 is 5.76 Å². The molecule has 28 heavy (non-hydrogen) atoms. The van der Waals surface area contributed by atoms with Gasteiger partial charge in [0.05, 0.1) is 12.5 Å². The second-order valence-electron chi connectivity index (χ2n) is 8.37.